The molecule has 1 atom stereocenters. The van der Waals surface area contributed by atoms with Crippen molar-refractivity contribution in [2.24, 2.45) is 0 Å². The normalized spacial score (nSPS) is 18.5. The molecule has 0 aliphatic carbocycles. The van der Waals surface area contributed by atoms with Crippen molar-refractivity contribution < 1.29 is 14.4 Å². The minimum atomic E-state index is -0.694. The first-order valence-corrected chi connectivity index (χ1v) is 6.57. The Labute approximate surface area is 117 Å². The van der Waals surface area contributed by atoms with Gasteiger partial charge in [0.2, 0.25) is 5.91 Å². The highest BCUT2D eigenvalue weighted by Gasteiger charge is 2.41. The summed E-state index contributed by atoms with van der Waals surface area (Å²) in [5, 5.41) is 0. The van der Waals surface area contributed by atoms with Gasteiger partial charge in [0.15, 0.2) is 0 Å². The highest BCUT2D eigenvalue weighted by Crippen LogP contribution is 2.19. The predicted octanol–water partition coefficient (Wildman–Crippen LogP) is 0.691. The number of likely N-dealkylation sites (N-methyl/N-ethyl adjacent to an activating group) is 1. The fourth-order valence-corrected chi connectivity index (χ4v) is 2.27. The van der Waals surface area contributed by atoms with Crippen LogP contribution in [-0.4, -0.2) is 52.1 Å². The smallest absolute Gasteiger partial charge is 0.256 e. The van der Waals surface area contributed by atoms with Crippen molar-refractivity contribution in [1.82, 2.24) is 14.8 Å². The number of aromatic nitrogens is 1. The number of carbonyl (C=O) groups excluding carboxylic acids is 3. The number of hydrogen-bond donors (Lipinski definition) is 0. The van der Waals surface area contributed by atoms with Gasteiger partial charge in [-0.1, -0.05) is 6.92 Å². The quantitative estimate of drug-likeness (QED) is 0.758. The molecule has 1 fully saturated rings. The summed E-state index contributed by atoms with van der Waals surface area (Å²) in [5.74, 6) is -0.831. The Bertz CT molecular complexity index is 530. The van der Waals surface area contributed by atoms with Gasteiger partial charge < -0.3 is 4.90 Å². The van der Waals surface area contributed by atoms with Gasteiger partial charge in [-0.25, -0.2) is 0 Å². The van der Waals surface area contributed by atoms with E-state index in [4.69, 9.17) is 0 Å². The van der Waals surface area contributed by atoms with E-state index in [0.29, 0.717) is 18.5 Å². The summed E-state index contributed by atoms with van der Waals surface area (Å²) in [6, 6.07) is 2.63. The molecular weight excluding hydrogens is 258 g/mol. The molecule has 1 saturated heterocycles. The van der Waals surface area contributed by atoms with Crippen LogP contribution in [0.4, 0.5) is 0 Å². The van der Waals surface area contributed by atoms with Crippen molar-refractivity contribution >= 4 is 17.7 Å². The molecule has 1 aliphatic heterocycles. The third-order valence-corrected chi connectivity index (χ3v) is 3.37. The van der Waals surface area contributed by atoms with E-state index in [9.17, 15) is 14.4 Å². The summed E-state index contributed by atoms with van der Waals surface area (Å²) in [6.45, 7) is 2.36. The number of rotatable bonds is 4. The second kappa shape index (κ2) is 5.81. The van der Waals surface area contributed by atoms with Crippen LogP contribution in [0.2, 0.25) is 0 Å². The fourth-order valence-electron chi connectivity index (χ4n) is 2.27. The molecule has 0 spiro atoms. The fraction of sp³-hybridized carbons (Fsp3) is 0.429. The third kappa shape index (κ3) is 2.54. The lowest BCUT2D eigenvalue weighted by Crippen LogP contribution is -2.45. The van der Waals surface area contributed by atoms with Gasteiger partial charge in [-0.15, -0.1) is 0 Å². The van der Waals surface area contributed by atoms with Crippen LogP contribution in [0, 0.1) is 0 Å². The molecule has 1 unspecified atom stereocenters. The zero-order valence-electron chi connectivity index (χ0n) is 11.6. The Kier molecular flexibility index (Phi) is 4.12. The number of hydrogen-bond acceptors (Lipinski definition) is 4. The average molecular weight is 275 g/mol. The average Bonchev–Trinajstić information content (AvgIpc) is 2.72. The highest BCUT2D eigenvalue weighted by atomic mass is 16.2. The number of amides is 3. The van der Waals surface area contributed by atoms with E-state index in [1.807, 2.05) is 6.92 Å². The van der Waals surface area contributed by atoms with Gasteiger partial charge in [-0.3, -0.25) is 24.3 Å². The Morgan fingerprint density at radius 1 is 1.50 bits per heavy atom. The van der Waals surface area contributed by atoms with Gasteiger partial charge in [-0.05, 0) is 18.6 Å². The Hall–Kier alpha value is -2.24. The summed E-state index contributed by atoms with van der Waals surface area (Å²) in [6.07, 6.45) is 3.82. The lowest BCUT2D eigenvalue weighted by molar-refractivity contribution is -0.137. The largest absolute Gasteiger partial charge is 0.326 e. The molecule has 2 rings (SSSR count). The molecule has 6 heteroatoms. The van der Waals surface area contributed by atoms with Crippen LogP contribution < -0.4 is 0 Å². The second-order valence-electron chi connectivity index (χ2n) is 4.75. The monoisotopic (exact) mass is 275 g/mol. The number of nitrogens with zero attached hydrogens (tertiary/aromatic N) is 3. The molecule has 3 amide bonds. The molecule has 1 aliphatic rings. The molecule has 0 saturated carbocycles. The maximum absolute atomic E-state index is 12.5. The summed E-state index contributed by atoms with van der Waals surface area (Å²) < 4.78 is 0. The van der Waals surface area contributed by atoms with Crippen LogP contribution >= 0.6 is 0 Å². The van der Waals surface area contributed by atoms with E-state index in [2.05, 4.69) is 4.98 Å². The van der Waals surface area contributed by atoms with Gasteiger partial charge in [0.25, 0.3) is 11.8 Å². The zero-order valence-corrected chi connectivity index (χ0v) is 11.6. The van der Waals surface area contributed by atoms with E-state index in [-0.39, 0.29) is 24.1 Å². The van der Waals surface area contributed by atoms with Crippen LogP contribution in [0.1, 0.15) is 30.1 Å². The van der Waals surface area contributed by atoms with Crippen LogP contribution in [0.25, 0.3) is 0 Å². The minimum Gasteiger partial charge on any atom is -0.326 e. The van der Waals surface area contributed by atoms with E-state index >= 15 is 0 Å². The van der Waals surface area contributed by atoms with Gasteiger partial charge in [0.1, 0.15) is 6.04 Å². The van der Waals surface area contributed by atoms with E-state index in [1.54, 1.807) is 18.3 Å². The number of imide groups is 1. The van der Waals surface area contributed by atoms with Crippen LogP contribution in [0.3, 0.4) is 0 Å². The van der Waals surface area contributed by atoms with Gasteiger partial charge >= 0.3 is 0 Å². The summed E-state index contributed by atoms with van der Waals surface area (Å²) >= 11 is 0. The van der Waals surface area contributed by atoms with Crippen molar-refractivity contribution in [1.29, 1.82) is 0 Å². The first kappa shape index (κ1) is 14.2. The molecule has 0 radical (unpaired) electrons. The van der Waals surface area contributed by atoms with Crippen LogP contribution in [-0.2, 0) is 9.59 Å². The number of carbonyl (C=O) groups is 3. The van der Waals surface area contributed by atoms with Gasteiger partial charge in [0.05, 0.1) is 12.0 Å². The molecule has 1 aromatic rings. The SMILES string of the molecule is CCCN(C(=O)c1cccnc1)C1CC(=O)N(C)C1=O. The molecular formula is C14H17N3O3. The van der Waals surface area contributed by atoms with Gasteiger partial charge in [-0.2, -0.15) is 0 Å². The van der Waals surface area contributed by atoms with Crippen molar-refractivity contribution in [3.8, 4) is 0 Å². The van der Waals surface area contributed by atoms with Crippen LogP contribution in [0.5, 0.6) is 0 Å². The molecule has 2 heterocycles. The summed E-state index contributed by atoms with van der Waals surface area (Å²) in [4.78, 5) is 42.6. The number of pyridine rings is 1. The topological polar surface area (TPSA) is 70.6 Å². The Balaban J connectivity index is 2.26. The van der Waals surface area contributed by atoms with Crippen molar-refractivity contribution in [2.75, 3.05) is 13.6 Å². The maximum Gasteiger partial charge on any atom is 0.256 e. The lowest BCUT2D eigenvalue weighted by Gasteiger charge is -2.26. The van der Waals surface area contributed by atoms with Crippen molar-refractivity contribution in [3.63, 3.8) is 0 Å². The highest BCUT2D eigenvalue weighted by molar-refractivity contribution is 6.07. The first-order valence-electron chi connectivity index (χ1n) is 6.57. The van der Waals surface area contributed by atoms with E-state index < -0.39 is 6.04 Å². The van der Waals surface area contributed by atoms with E-state index in [0.717, 1.165) is 4.90 Å². The zero-order chi connectivity index (χ0) is 14.7. The third-order valence-electron chi connectivity index (χ3n) is 3.37. The summed E-state index contributed by atoms with van der Waals surface area (Å²) in [7, 11) is 1.45. The number of likely N-dealkylation sites (tertiary alicyclic amines) is 1. The summed E-state index contributed by atoms with van der Waals surface area (Å²) in [5.41, 5.74) is 0.427. The lowest BCUT2D eigenvalue weighted by atomic mass is 10.1. The Morgan fingerprint density at radius 2 is 2.25 bits per heavy atom. The molecule has 0 N–H and O–H groups in total. The molecule has 0 aromatic carbocycles. The maximum atomic E-state index is 12.5. The molecule has 106 valence electrons. The standard InChI is InChI=1S/C14H17N3O3/c1-3-7-17(11-8-12(18)16(2)14(11)20)13(19)10-5-4-6-15-9-10/h4-6,9,11H,3,7-8H2,1-2H3. The molecule has 20 heavy (non-hydrogen) atoms. The second-order valence-corrected chi connectivity index (χ2v) is 4.75. The predicted molar refractivity (Wildman–Crippen MR) is 71.7 cm³/mol. The van der Waals surface area contributed by atoms with Crippen molar-refractivity contribution in [2.45, 2.75) is 25.8 Å². The molecule has 6 nitrogen and oxygen atoms in total. The Morgan fingerprint density at radius 3 is 2.75 bits per heavy atom. The van der Waals surface area contributed by atoms with Crippen molar-refractivity contribution in [3.05, 3.63) is 30.1 Å². The minimum absolute atomic E-state index is 0.0569. The molecule has 1 aromatic heterocycles. The van der Waals surface area contributed by atoms with E-state index in [1.165, 1.54) is 18.1 Å². The van der Waals surface area contributed by atoms with Crippen LogP contribution in [0.15, 0.2) is 24.5 Å². The molecule has 0 bridgehead atoms. The van der Waals surface area contributed by atoms with Gasteiger partial charge in [0, 0.05) is 26.0 Å². The first-order chi connectivity index (χ1) is 9.56.